The molecule has 0 saturated carbocycles. The normalized spacial score (nSPS) is 16.0. The van der Waals surface area contributed by atoms with E-state index >= 15 is 0 Å². The van der Waals surface area contributed by atoms with Crippen LogP contribution in [-0.2, 0) is 4.79 Å². The molecule has 9 heteroatoms. The lowest BCUT2D eigenvalue weighted by atomic mass is 10.1. The highest BCUT2D eigenvalue weighted by atomic mass is 35.5. The van der Waals surface area contributed by atoms with Crippen molar-refractivity contribution in [2.45, 2.75) is 31.8 Å². The summed E-state index contributed by atoms with van der Waals surface area (Å²) in [5.74, 6) is -0.682. The Balaban J connectivity index is 0.00000288. The van der Waals surface area contributed by atoms with E-state index in [1.165, 1.54) is 24.3 Å². The number of likely N-dealkylation sites (tertiary alicyclic amines) is 1. The first-order chi connectivity index (χ1) is 10.9. The van der Waals surface area contributed by atoms with Gasteiger partial charge in [0.05, 0.1) is 4.92 Å². The average Bonchev–Trinajstić information content (AvgIpc) is 2.54. The number of nitrogens with zero attached hydrogens (tertiary/aromatic N) is 2. The van der Waals surface area contributed by atoms with Crippen molar-refractivity contribution in [3.05, 3.63) is 39.9 Å². The zero-order valence-corrected chi connectivity index (χ0v) is 14.1. The number of rotatable bonds is 4. The number of hydrogen-bond donors (Lipinski definition) is 2. The molecule has 1 unspecified atom stereocenters. The number of non-ortho nitro benzene ring substituents is 1. The molecule has 0 spiro atoms. The molecule has 0 aromatic heterocycles. The summed E-state index contributed by atoms with van der Waals surface area (Å²) in [4.78, 5) is 36.3. The Bertz CT molecular complexity index is 617. The minimum absolute atomic E-state index is 0. The van der Waals surface area contributed by atoms with Gasteiger partial charge in [-0.1, -0.05) is 6.07 Å². The summed E-state index contributed by atoms with van der Waals surface area (Å²) in [6.07, 6.45) is 1.49. The van der Waals surface area contributed by atoms with Crippen LogP contribution in [0.4, 0.5) is 5.69 Å². The van der Waals surface area contributed by atoms with E-state index in [-0.39, 0.29) is 35.6 Å². The summed E-state index contributed by atoms with van der Waals surface area (Å²) < 4.78 is 0. The molecule has 2 rings (SSSR count). The second-order valence-electron chi connectivity index (χ2n) is 5.67. The van der Waals surface area contributed by atoms with Gasteiger partial charge in [0, 0.05) is 36.8 Å². The minimum atomic E-state index is -0.698. The van der Waals surface area contributed by atoms with Gasteiger partial charge in [-0.3, -0.25) is 19.7 Å². The molecule has 1 aromatic carbocycles. The lowest BCUT2D eigenvalue weighted by Crippen LogP contribution is -2.50. The van der Waals surface area contributed by atoms with Gasteiger partial charge in [0.1, 0.15) is 6.04 Å². The molecule has 1 atom stereocenters. The van der Waals surface area contributed by atoms with Crippen LogP contribution < -0.4 is 11.1 Å². The maximum atomic E-state index is 12.3. The summed E-state index contributed by atoms with van der Waals surface area (Å²) in [5.41, 5.74) is 5.79. The molecule has 1 fully saturated rings. The second kappa shape index (κ2) is 8.60. The molecule has 3 N–H and O–H groups in total. The van der Waals surface area contributed by atoms with Crippen molar-refractivity contribution >= 4 is 29.9 Å². The van der Waals surface area contributed by atoms with Crippen LogP contribution in [0, 0.1) is 10.1 Å². The summed E-state index contributed by atoms with van der Waals surface area (Å²) in [7, 11) is 0. The zero-order chi connectivity index (χ0) is 17.0. The Morgan fingerprint density at radius 1 is 1.38 bits per heavy atom. The SMILES string of the molecule is CC(NC(=O)c1cccc([N+](=O)[O-])c1)C(=O)N1CCC(N)CC1.Cl. The van der Waals surface area contributed by atoms with E-state index in [2.05, 4.69) is 5.32 Å². The van der Waals surface area contributed by atoms with E-state index in [1.807, 2.05) is 0 Å². The van der Waals surface area contributed by atoms with Crippen LogP contribution in [0.3, 0.4) is 0 Å². The Hall–Kier alpha value is -2.19. The number of piperidine rings is 1. The molecule has 8 nitrogen and oxygen atoms in total. The molecule has 2 amide bonds. The predicted octanol–water partition coefficient (Wildman–Crippen LogP) is 1.08. The number of hydrogen-bond acceptors (Lipinski definition) is 5. The highest BCUT2D eigenvalue weighted by Crippen LogP contribution is 2.14. The third kappa shape index (κ3) is 4.90. The summed E-state index contributed by atoms with van der Waals surface area (Å²) >= 11 is 0. The maximum Gasteiger partial charge on any atom is 0.270 e. The number of nitro benzene ring substituents is 1. The first-order valence-electron chi connectivity index (χ1n) is 7.48. The van der Waals surface area contributed by atoms with Crippen molar-refractivity contribution in [3.63, 3.8) is 0 Å². The number of benzene rings is 1. The largest absolute Gasteiger partial charge is 0.341 e. The van der Waals surface area contributed by atoms with E-state index in [0.29, 0.717) is 13.1 Å². The van der Waals surface area contributed by atoms with Gasteiger partial charge in [0.2, 0.25) is 5.91 Å². The van der Waals surface area contributed by atoms with Crippen LogP contribution in [0.2, 0.25) is 0 Å². The van der Waals surface area contributed by atoms with Gasteiger partial charge in [-0.05, 0) is 25.8 Å². The molecule has 132 valence electrons. The number of halogens is 1. The lowest BCUT2D eigenvalue weighted by molar-refractivity contribution is -0.384. The molecule has 1 saturated heterocycles. The molecule has 0 bridgehead atoms. The standard InChI is InChI=1S/C15H20N4O4.ClH/c1-10(15(21)18-7-5-12(16)6-8-18)17-14(20)11-3-2-4-13(9-11)19(22)23;/h2-4,9-10,12H,5-8,16H2,1H3,(H,17,20);1H. The number of nitrogens with one attached hydrogen (secondary N) is 1. The van der Waals surface area contributed by atoms with Crippen molar-refractivity contribution in [1.29, 1.82) is 0 Å². The highest BCUT2D eigenvalue weighted by molar-refractivity contribution is 5.97. The fourth-order valence-electron chi connectivity index (χ4n) is 2.50. The topological polar surface area (TPSA) is 119 Å². The average molecular weight is 357 g/mol. The van der Waals surface area contributed by atoms with Gasteiger partial charge in [0.25, 0.3) is 11.6 Å². The molecular weight excluding hydrogens is 336 g/mol. The van der Waals surface area contributed by atoms with Gasteiger partial charge in [-0.15, -0.1) is 12.4 Å². The molecule has 1 aliphatic heterocycles. The first-order valence-corrected chi connectivity index (χ1v) is 7.48. The molecule has 1 heterocycles. The monoisotopic (exact) mass is 356 g/mol. The Morgan fingerprint density at radius 3 is 2.58 bits per heavy atom. The first kappa shape index (κ1) is 19.9. The summed E-state index contributed by atoms with van der Waals surface area (Å²) in [5, 5.41) is 13.3. The number of amides is 2. The van der Waals surface area contributed by atoms with Crippen LogP contribution in [0.15, 0.2) is 24.3 Å². The van der Waals surface area contributed by atoms with Crippen molar-refractivity contribution in [2.75, 3.05) is 13.1 Å². The smallest absolute Gasteiger partial charge is 0.270 e. The molecule has 1 aromatic rings. The van der Waals surface area contributed by atoms with E-state index in [1.54, 1.807) is 11.8 Å². The van der Waals surface area contributed by atoms with Crippen molar-refractivity contribution in [3.8, 4) is 0 Å². The summed E-state index contributed by atoms with van der Waals surface area (Å²) in [6.45, 7) is 2.76. The molecule has 0 radical (unpaired) electrons. The fourth-order valence-corrected chi connectivity index (χ4v) is 2.50. The van der Waals surface area contributed by atoms with Gasteiger partial charge >= 0.3 is 0 Å². The van der Waals surface area contributed by atoms with Gasteiger partial charge in [-0.2, -0.15) is 0 Å². The van der Waals surface area contributed by atoms with Crippen molar-refractivity contribution < 1.29 is 14.5 Å². The predicted molar refractivity (Wildman–Crippen MR) is 91.1 cm³/mol. The van der Waals surface area contributed by atoms with Gasteiger partial charge in [0.15, 0.2) is 0 Å². The lowest BCUT2D eigenvalue weighted by Gasteiger charge is -2.32. The number of nitro groups is 1. The van der Waals surface area contributed by atoms with Crippen LogP contribution in [0.5, 0.6) is 0 Å². The maximum absolute atomic E-state index is 12.3. The number of carbonyl (C=O) groups is 2. The molecule has 1 aliphatic rings. The van der Waals surface area contributed by atoms with E-state index < -0.39 is 16.9 Å². The van der Waals surface area contributed by atoms with Crippen molar-refractivity contribution in [1.82, 2.24) is 10.2 Å². The summed E-state index contributed by atoms with van der Waals surface area (Å²) in [6, 6.07) is 4.82. The van der Waals surface area contributed by atoms with Crippen molar-refractivity contribution in [2.24, 2.45) is 5.73 Å². The van der Waals surface area contributed by atoms with Gasteiger partial charge < -0.3 is 16.0 Å². The van der Waals surface area contributed by atoms with E-state index in [4.69, 9.17) is 5.73 Å². The van der Waals surface area contributed by atoms with Crippen LogP contribution in [-0.4, -0.2) is 46.8 Å². The minimum Gasteiger partial charge on any atom is -0.341 e. The van der Waals surface area contributed by atoms with Gasteiger partial charge in [-0.25, -0.2) is 0 Å². The molecular formula is C15H21ClN4O4. The second-order valence-corrected chi connectivity index (χ2v) is 5.67. The third-order valence-electron chi connectivity index (χ3n) is 3.89. The Morgan fingerprint density at radius 2 is 2.00 bits per heavy atom. The van der Waals surface area contributed by atoms with E-state index in [9.17, 15) is 19.7 Å². The number of nitrogens with two attached hydrogens (primary N) is 1. The van der Waals surface area contributed by atoms with Crippen LogP contribution in [0.25, 0.3) is 0 Å². The Labute approximate surface area is 145 Å². The van der Waals surface area contributed by atoms with Crippen LogP contribution >= 0.6 is 12.4 Å². The third-order valence-corrected chi connectivity index (χ3v) is 3.89. The Kier molecular flexibility index (Phi) is 7.12. The number of carbonyl (C=O) groups excluding carboxylic acids is 2. The molecule has 0 aliphatic carbocycles. The molecule has 24 heavy (non-hydrogen) atoms. The fraction of sp³-hybridized carbons (Fsp3) is 0.467. The quantitative estimate of drug-likeness (QED) is 0.618. The van der Waals surface area contributed by atoms with Crippen LogP contribution in [0.1, 0.15) is 30.1 Å². The highest BCUT2D eigenvalue weighted by Gasteiger charge is 2.26. The van der Waals surface area contributed by atoms with E-state index in [0.717, 1.165) is 12.8 Å². The zero-order valence-electron chi connectivity index (χ0n) is 13.3.